The zero-order chi connectivity index (χ0) is 14.4. The predicted octanol–water partition coefficient (Wildman–Crippen LogP) is 3.92. The molecule has 1 heterocycles. The van der Waals surface area contributed by atoms with Crippen LogP contribution in [0.5, 0.6) is 0 Å². The molecule has 1 atom stereocenters. The topological polar surface area (TPSA) is 24.9 Å². The van der Waals surface area contributed by atoms with E-state index in [1.54, 1.807) is 0 Å². The van der Waals surface area contributed by atoms with Crippen molar-refractivity contribution in [2.75, 3.05) is 6.54 Å². The first kappa shape index (κ1) is 14.7. The minimum atomic E-state index is 0.554. The van der Waals surface area contributed by atoms with Gasteiger partial charge >= 0.3 is 0 Å². The van der Waals surface area contributed by atoms with E-state index >= 15 is 0 Å². The molecule has 2 nitrogen and oxygen atoms in total. The number of nitrogens with zero attached hydrogens (tertiary/aromatic N) is 1. The predicted molar refractivity (Wildman–Crippen MR) is 84.7 cm³/mol. The summed E-state index contributed by atoms with van der Waals surface area (Å²) in [7, 11) is 0. The minimum absolute atomic E-state index is 0.554. The molecule has 0 aliphatic heterocycles. The van der Waals surface area contributed by atoms with Crippen LogP contribution in [0.25, 0.3) is 0 Å². The van der Waals surface area contributed by atoms with E-state index in [2.05, 4.69) is 67.5 Å². The van der Waals surface area contributed by atoms with Gasteiger partial charge in [-0.2, -0.15) is 0 Å². The molecule has 0 amide bonds. The Morgan fingerprint density at radius 2 is 1.85 bits per heavy atom. The monoisotopic (exact) mass is 268 g/mol. The Kier molecular flexibility index (Phi) is 5.31. The molecule has 1 unspecified atom stereocenters. The molecular formula is C18H24N2. The van der Waals surface area contributed by atoms with Gasteiger partial charge in [0.2, 0.25) is 0 Å². The van der Waals surface area contributed by atoms with Crippen molar-refractivity contribution in [1.82, 2.24) is 10.3 Å². The Morgan fingerprint density at radius 3 is 2.50 bits per heavy atom. The van der Waals surface area contributed by atoms with Crippen LogP contribution in [0.1, 0.15) is 36.5 Å². The smallest absolute Gasteiger partial charge is 0.0300 e. The van der Waals surface area contributed by atoms with Crippen LogP contribution in [-0.4, -0.2) is 11.5 Å². The van der Waals surface area contributed by atoms with Gasteiger partial charge in [-0.1, -0.05) is 44.2 Å². The molecule has 20 heavy (non-hydrogen) atoms. The third-order valence-electron chi connectivity index (χ3n) is 3.85. The largest absolute Gasteiger partial charge is 0.312 e. The standard InChI is InChI=1S/C18H24N2/c1-14(2)18(16-7-5-4-6-8-16)13-20-12-17-9-10-19-11-15(17)3/h4-11,14,18,20H,12-13H2,1-3H3. The lowest BCUT2D eigenvalue weighted by molar-refractivity contribution is 0.461. The molecule has 0 saturated heterocycles. The number of nitrogens with one attached hydrogen (secondary N) is 1. The summed E-state index contributed by atoms with van der Waals surface area (Å²) in [6.45, 7) is 8.60. The van der Waals surface area contributed by atoms with E-state index in [0.717, 1.165) is 13.1 Å². The van der Waals surface area contributed by atoms with Gasteiger partial charge in [0.05, 0.1) is 0 Å². The zero-order valence-corrected chi connectivity index (χ0v) is 12.6. The molecular weight excluding hydrogens is 244 g/mol. The molecule has 2 aromatic rings. The highest BCUT2D eigenvalue weighted by Crippen LogP contribution is 2.23. The molecule has 0 saturated carbocycles. The van der Waals surface area contributed by atoms with Gasteiger partial charge in [-0.25, -0.2) is 0 Å². The van der Waals surface area contributed by atoms with E-state index in [1.165, 1.54) is 16.7 Å². The highest BCUT2D eigenvalue weighted by Gasteiger charge is 2.15. The van der Waals surface area contributed by atoms with Crippen molar-refractivity contribution in [2.24, 2.45) is 5.92 Å². The lowest BCUT2D eigenvalue weighted by atomic mass is 9.88. The average molecular weight is 268 g/mol. The second kappa shape index (κ2) is 7.20. The molecule has 0 fully saturated rings. The highest BCUT2D eigenvalue weighted by molar-refractivity contribution is 5.22. The summed E-state index contributed by atoms with van der Waals surface area (Å²) in [6.07, 6.45) is 3.79. The fraction of sp³-hybridized carbons (Fsp3) is 0.389. The molecule has 2 rings (SSSR count). The summed E-state index contributed by atoms with van der Waals surface area (Å²) in [5.74, 6) is 1.18. The molecule has 0 aliphatic carbocycles. The zero-order valence-electron chi connectivity index (χ0n) is 12.6. The summed E-state index contributed by atoms with van der Waals surface area (Å²) in [6, 6.07) is 12.9. The number of hydrogen-bond acceptors (Lipinski definition) is 2. The van der Waals surface area contributed by atoms with E-state index in [9.17, 15) is 0 Å². The summed E-state index contributed by atoms with van der Waals surface area (Å²) in [4.78, 5) is 4.14. The van der Waals surface area contributed by atoms with Crippen molar-refractivity contribution >= 4 is 0 Å². The summed E-state index contributed by atoms with van der Waals surface area (Å²) < 4.78 is 0. The first-order valence-electron chi connectivity index (χ1n) is 7.33. The highest BCUT2D eigenvalue weighted by atomic mass is 14.9. The summed E-state index contributed by atoms with van der Waals surface area (Å²) in [5.41, 5.74) is 4.00. The lowest BCUT2D eigenvalue weighted by Crippen LogP contribution is -2.24. The first-order valence-corrected chi connectivity index (χ1v) is 7.33. The van der Waals surface area contributed by atoms with Crippen LogP contribution in [0.3, 0.4) is 0 Å². The normalized spacial score (nSPS) is 12.6. The number of aryl methyl sites for hydroxylation is 1. The number of aromatic nitrogens is 1. The number of pyridine rings is 1. The van der Waals surface area contributed by atoms with E-state index in [-0.39, 0.29) is 0 Å². The second-order valence-corrected chi connectivity index (χ2v) is 5.69. The Labute approximate surface area is 122 Å². The van der Waals surface area contributed by atoms with Crippen molar-refractivity contribution in [1.29, 1.82) is 0 Å². The number of hydrogen-bond donors (Lipinski definition) is 1. The quantitative estimate of drug-likeness (QED) is 0.859. The molecule has 0 bridgehead atoms. The van der Waals surface area contributed by atoms with Gasteiger partial charge in [-0.3, -0.25) is 4.98 Å². The van der Waals surface area contributed by atoms with Crippen molar-refractivity contribution in [3.63, 3.8) is 0 Å². The number of benzene rings is 1. The third-order valence-corrected chi connectivity index (χ3v) is 3.85. The van der Waals surface area contributed by atoms with Crippen molar-refractivity contribution in [2.45, 2.75) is 33.2 Å². The van der Waals surface area contributed by atoms with Crippen LogP contribution in [0.4, 0.5) is 0 Å². The van der Waals surface area contributed by atoms with E-state index in [0.29, 0.717) is 11.8 Å². The van der Waals surface area contributed by atoms with Gasteiger partial charge in [0.25, 0.3) is 0 Å². The van der Waals surface area contributed by atoms with Crippen LogP contribution in [-0.2, 0) is 6.54 Å². The van der Waals surface area contributed by atoms with Crippen molar-refractivity contribution in [3.05, 3.63) is 65.5 Å². The maximum atomic E-state index is 4.14. The van der Waals surface area contributed by atoms with Gasteiger partial charge in [0, 0.05) is 25.5 Å². The molecule has 1 N–H and O–H groups in total. The molecule has 0 aliphatic rings. The summed E-state index contributed by atoms with van der Waals surface area (Å²) >= 11 is 0. The van der Waals surface area contributed by atoms with E-state index < -0.39 is 0 Å². The average Bonchev–Trinajstić information content (AvgIpc) is 2.46. The maximum absolute atomic E-state index is 4.14. The lowest BCUT2D eigenvalue weighted by Gasteiger charge is -2.22. The molecule has 0 radical (unpaired) electrons. The molecule has 2 heteroatoms. The Morgan fingerprint density at radius 1 is 1.10 bits per heavy atom. The first-order chi connectivity index (χ1) is 9.68. The van der Waals surface area contributed by atoms with Gasteiger partial charge in [0.1, 0.15) is 0 Å². The van der Waals surface area contributed by atoms with Gasteiger partial charge < -0.3 is 5.32 Å². The summed E-state index contributed by atoms with van der Waals surface area (Å²) in [5, 5.41) is 3.59. The van der Waals surface area contributed by atoms with Gasteiger partial charge in [0.15, 0.2) is 0 Å². The Bertz CT molecular complexity index is 520. The van der Waals surface area contributed by atoms with E-state index in [4.69, 9.17) is 0 Å². The third kappa shape index (κ3) is 3.91. The fourth-order valence-corrected chi connectivity index (χ4v) is 2.50. The van der Waals surface area contributed by atoms with Crippen LogP contribution in [0.2, 0.25) is 0 Å². The minimum Gasteiger partial charge on any atom is -0.312 e. The van der Waals surface area contributed by atoms with Crippen molar-refractivity contribution in [3.8, 4) is 0 Å². The van der Waals surface area contributed by atoms with Crippen LogP contribution < -0.4 is 5.32 Å². The molecule has 1 aromatic carbocycles. The second-order valence-electron chi connectivity index (χ2n) is 5.69. The van der Waals surface area contributed by atoms with E-state index in [1.807, 2.05) is 12.4 Å². The Hall–Kier alpha value is -1.67. The fourth-order valence-electron chi connectivity index (χ4n) is 2.50. The SMILES string of the molecule is Cc1cnccc1CNCC(c1ccccc1)C(C)C. The van der Waals surface area contributed by atoms with Crippen LogP contribution in [0, 0.1) is 12.8 Å². The van der Waals surface area contributed by atoms with Gasteiger partial charge in [-0.15, -0.1) is 0 Å². The van der Waals surface area contributed by atoms with Gasteiger partial charge in [-0.05, 0) is 41.5 Å². The van der Waals surface area contributed by atoms with Crippen LogP contribution in [0.15, 0.2) is 48.8 Å². The Balaban J connectivity index is 1.95. The molecule has 1 aromatic heterocycles. The maximum Gasteiger partial charge on any atom is 0.0300 e. The molecule has 106 valence electrons. The van der Waals surface area contributed by atoms with Crippen LogP contribution >= 0.6 is 0 Å². The molecule has 0 spiro atoms. The van der Waals surface area contributed by atoms with Crippen molar-refractivity contribution < 1.29 is 0 Å². The number of rotatable bonds is 6.